The van der Waals surface area contributed by atoms with Gasteiger partial charge in [-0.3, -0.25) is 4.68 Å². The van der Waals surface area contributed by atoms with Crippen LogP contribution in [0.1, 0.15) is 51.6 Å². The van der Waals surface area contributed by atoms with Crippen LogP contribution in [0.25, 0.3) is 0 Å². The van der Waals surface area contributed by atoms with E-state index < -0.39 is 0 Å². The molecule has 19 heavy (non-hydrogen) atoms. The highest BCUT2D eigenvalue weighted by atomic mass is 35.5. The van der Waals surface area contributed by atoms with Crippen molar-refractivity contribution in [1.29, 1.82) is 0 Å². The van der Waals surface area contributed by atoms with Crippen LogP contribution in [0.5, 0.6) is 0 Å². The number of unbranched alkanes of at least 4 members (excludes halogenated alkanes) is 1. The molecule has 1 aromatic rings. The van der Waals surface area contributed by atoms with Gasteiger partial charge in [-0.25, -0.2) is 0 Å². The van der Waals surface area contributed by atoms with Gasteiger partial charge in [-0.1, -0.05) is 26.7 Å². The minimum atomic E-state index is 0.284. The summed E-state index contributed by atoms with van der Waals surface area (Å²) < 4.78 is 2.05. The van der Waals surface area contributed by atoms with Gasteiger partial charge in [-0.15, -0.1) is 11.6 Å². The van der Waals surface area contributed by atoms with Crippen molar-refractivity contribution in [1.82, 2.24) is 9.78 Å². The molecule has 0 spiro atoms. The predicted molar refractivity (Wildman–Crippen MR) is 82.5 cm³/mol. The molecule has 0 aliphatic heterocycles. The summed E-state index contributed by atoms with van der Waals surface area (Å²) in [5, 5.41) is 4.55. The SMILES string of the molecule is CCCc1ccn(CCCCC(N)C(C)CCCl)n1. The lowest BCUT2D eigenvalue weighted by Crippen LogP contribution is -2.28. The van der Waals surface area contributed by atoms with Gasteiger partial charge in [-0.05, 0) is 37.7 Å². The molecule has 0 fully saturated rings. The first-order chi connectivity index (χ1) is 9.17. The Morgan fingerprint density at radius 2 is 2.16 bits per heavy atom. The lowest BCUT2D eigenvalue weighted by Gasteiger charge is -2.18. The van der Waals surface area contributed by atoms with E-state index in [0.717, 1.165) is 45.1 Å². The molecule has 1 heterocycles. The van der Waals surface area contributed by atoms with Gasteiger partial charge in [0.05, 0.1) is 5.69 Å². The zero-order chi connectivity index (χ0) is 14.1. The highest BCUT2D eigenvalue weighted by Gasteiger charge is 2.11. The summed E-state index contributed by atoms with van der Waals surface area (Å²) in [6, 6.07) is 2.41. The maximum Gasteiger partial charge on any atom is 0.0624 e. The van der Waals surface area contributed by atoms with E-state index in [9.17, 15) is 0 Å². The van der Waals surface area contributed by atoms with Crippen LogP contribution in [-0.2, 0) is 13.0 Å². The third-order valence-corrected chi connectivity index (χ3v) is 3.89. The molecular weight excluding hydrogens is 258 g/mol. The maximum atomic E-state index is 6.15. The lowest BCUT2D eigenvalue weighted by atomic mass is 9.95. The molecular formula is C15H28ClN3. The summed E-state index contributed by atoms with van der Waals surface area (Å²) in [5.74, 6) is 1.24. The van der Waals surface area contributed by atoms with Crippen LogP contribution in [0.2, 0.25) is 0 Å². The molecule has 3 nitrogen and oxygen atoms in total. The largest absolute Gasteiger partial charge is 0.327 e. The van der Waals surface area contributed by atoms with Crippen LogP contribution in [0.15, 0.2) is 12.3 Å². The molecule has 1 rings (SSSR count). The predicted octanol–water partition coefficient (Wildman–Crippen LogP) is 3.60. The molecule has 4 heteroatoms. The minimum absolute atomic E-state index is 0.284. The molecule has 0 aliphatic rings. The summed E-state index contributed by atoms with van der Waals surface area (Å²) >= 11 is 5.74. The van der Waals surface area contributed by atoms with Crippen molar-refractivity contribution in [2.75, 3.05) is 5.88 Å². The molecule has 2 unspecified atom stereocenters. The summed E-state index contributed by atoms with van der Waals surface area (Å²) in [4.78, 5) is 0. The van der Waals surface area contributed by atoms with E-state index in [2.05, 4.69) is 35.9 Å². The molecule has 0 saturated heterocycles. The number of hydrogen-bond donors (Lipinski definition) is 1. The van der Waals surface area contributed by atoms with Crippen LogP contribution in [0, 0.1) is 5.92 Å². The van der Waals surface area contributed by atoms with Gasteiger partial charge in [-0.2, -0.15) is 5.10 Å². The normalized spacial score (nSPS) is 14.5. The number of aromatic nitrogens is 2. The van der Waals surface area contributed by atoms with E-state index in [4.69, 9.17) is 17.3 Å². The van der Waals surface area contributed by atoms with E-state index in [0.29, 0.717) is 11.8 Å². The zero-order valence-electron chi connectivity index (χ0n) is 12.3. The first kappa shape index (κ1) is 16.5. The van der Waals surface area contributed by atoms with Gasteiger partial charge in [0.25, 0.3) is 0 Å². The standard InChI is InChI=1S/C15H28ClN3/c1-3-6-14-9-12-19(18-14)11-5-4-7-15(17)13(2)8-10-16/h9,12-13,15H,3-8,10-11,17H2,1-2H3. The Morgan fingerprint density at radius 3 is 2.84 bits per heavy atom. The Kier molecular flexibility index (Phi) is 8.15. The quantitative estimate of drug-likeness (QED) is 0.527. The first-order valence-electron chi connectivity index (χ1n) is 7.51. The molecule has 1 aromatic heterocycles. The van der Waals surface area contributed by atoms with Crippen LogP contribution in [0.3, 0.4) is 0 Å². The first-order valence-corrected chi connectivity index (χ1v) is 8.04. The molecule has 0 bridgehead atoms. The lowest BCUT2D eigenvalue weighted by molar-refractivity contribution is 0.400. The minimum Gasteiger partial charge on any atom is -0.327 e. The Labute approximate surface area is 122 Å². The van der Waals surface area contributed by atoms with E-state index >= 15 is 0 Å². The number of alkyl halides is 1. The second kappa shape index (κ2) is 9.38. The van der Waals surface area contributed by atoms with Crippen LogP contribution < -0.4 is 5.73 Å². The van der Waals surface area contributed by atoms with Crippen molar-refractivity contribution in [3.63, 3.8) is 0 Å². The van der Waals surface area contributed by atoms with Crippen LogP contribution >= 0.6 is 11.6 Å². The molecule has 0 radical (unpaired) electrons. The molecule has 2 N–H and O–H groups in total. The third-order valence-electron chi connectivity index (χ3n) is 3.67. The highest BCUT2D eigenvalue weighted by Crippen LogP contribution is 2.13. The summed E-state index contributed by atoms with van der Waals surface area (Å²) in [6.07, 6.45) is 8.73. The van der Waals surface area contributed by atoms with Crippen LogP contribution in [-0.4, -0.2) is 21.7 Å². The Hall–Kier alpha value is -0.540. The van der Waals surface area contributed by atoms with Crippen molar-refractivity contribution >= 4 is 11.6 Å². The number of nitrogens with zero attached hydrogens (tertiary/aromatic N) is 2. The fourth-order valence-corrected chi connectivity index (χ4v) is 2.59. The fraction of sp³-hybridized carbons (Fsp3) is 0.800. The zero-order valence-corrected chi connectivity index (χ0v) is 13.1. The Morgan fingerprint density at radius 1 is 1.37 bits per heavy atom. The number of nitrogens with two attached hydrogens (primary N) is 1. The van der Waals surface area contributed by atoms with Crippen molar-refractivity contribution in [2.45, 2.75) is 65.0 Å². The topological polar surface area (TPSA) is 43.8 Å². The fourth-order valence-electron chi connectivity index (χ4n) is 2.24. The van der Waals surface area contributed by atoms with E-state index in [1.54, 1.807) is 0 Å². The third kappa shape index (κ3) is 6.44. The number of rotatable bonds is 10. The van der Waals surface area contributed by atoms with Gasteiger partial charge >= 0.3 is 0 Å². The van der Waals surface area contributed by atoms with Crippen molar-refractivity contribution in [3.05, 3.63) is 18.0 Å². The molecule has 0 saturated carbocycles. The number of halogens is 1. The highest BCUT2D eigenvalue weighted by molar-refractivity contribution is 6.17. The van der Waals surface area contributed by atoms with Gasteiger partial charge in [0.15, 0.2) is 0 Å². The van der Waals surface area contributed by atoms with Crippen LogP contribution in [0.4, 0.5) is 0 Å². The second-order valence-electron chi connectivity index (χ2n) is 5.43. The smallest absolute Gasteiger partial charge is 0.0624 e. The van der Waals surface area contributed by atoms with Gasteiger partial charge in [0.2, 0.25) is 0 Å². The summed E-state index contributed by atoms with van der Waals surface area (Å²) in [7, 11) is 0. The summed E-state index contributed by atoms with van der Waals surface area (Å²) in [6.45, 7) is 5.38. The monoisotopic (exact) mass is 285 g/mol. The second-order valence-corrected chi connectivity index (χ2v) is 5.81. The van der Waals surface area contributed by atoms with E-state index in [-0.39, 0.29) is 6.04 Å². The number of hydrogen-bond acceptors (Lipinski definition) is 2. The van der Waals surface area contributed by atoms with Gasteiger partial charge < -0.3 is 5.73 Å². The number of aryl methyl sites for hydroxylation is 2. The van der Waals surface area contributed by atoms with E-state index in [1.807, 2.05) is 0 Å². The molecule has 2 atom stereocenters. The van der Waals surface area contributed by atoms with Crippen molar-refractivity contribution in [3.8, 4) is 0 Å². The van der Waals surface area contributed by atoms with Crippen molar-refractivity contribution < 1.29 is 0 Å². The maximum absolute atomic E-state index is 6.15. The average Bonchev–Trinajstić information content (AvgIpc) is 2.83. The summed E-state index contributed by atoms with van der Waals surface area (Å²) in [5.41, 5.74) is 7.35. The van der Waals surface area contributed by atoms with Crippen molar-refractivity contribution in [2.24, 2.45) is 11.7 Å². The van der Waals surface area contributed by atoms with E-state index in [1.165, 1.54) is 5.69 Å². The van der Waals surface area contributed by atoms with Gasteiger partial charge in [0.1, 0.15) is 0 Å². The molecule has 110 valence electrons. The van der Waals surface area contributed by atoms with Gasteiger partial charge in [0, 0.05) is 24.7 Å². The Balaban J connectivity index is 2.15. The average molecular weight is 286 g/mol. The Bertz CT molecular complexity index is 338. The molecule has 0 aliphatic carbocycles. The molecule has 0 amide bonds. The molecule has 0 aromatic carbocycles.